The Balaban J connectivity index is -0.0000000800. The molecule has 4 nitrogen and oxygen atoms in total. The second-order valence-corrected chi connectivity index (χ2v) is 3.00. The first-order valence-electron chi connectivity index (χ1n) is 0.730. The average molecular weight is 517 g/mol. The standard InChI is InChI=1S/4O.Pb.Sb.Sn.5H/q;3*-1;+3;;;;;;;. The summed E-state index contributed by atoms with van der Waals surface area (Å²) in [5.74, 6) is 0. The van der Waals surface area contributed by atoms with E-state index < -0.39 is 20.1 Å². The minimum atomic E-state index is -6.10. The van der Waals surface area contributed by atoms with Crippen LogP contribution >= 0.6 is 0 Å². The Kier molecular flexibility index (Phi) is 14.6. The molecule has 0 spiro atoms. The van der Waals surface area contributed by atoms with Crippen LogP contribution in [0.15, 0.2) is 0 Å². The van der Waals surface area contributed by atoms with Crippen molar-refractivity contribution in [3.8, 4) is 0 Å². The molecule has 0 rings (SSSR count). The van der Waals surface area contributed by atoms with Crippen LogP contribution in [0.4, 0.5) is 0 Å². The summed E-state index contributed by atoms with van der Waals surface area (Å²) in [7, 11) is 0. The molecule has 7 heavy (non-hydrogen) atoms. The molecule has 0 aliphatic rings. The van der Waals surface area contributed by atoms with Crippen molar-refractivity contribution < 1.29 is 13.2 Å². The Morgan fingerprint density at radius 1 is 1.14 bits per heavy atom. The molecular weight excluding hydrogens is 512 g/mol. The molecule has 0 bridgehead atoms. The van der Waals surface area contributed by atoms with Crippen molar-refractivity contribution in [1.29, 1.82) is 0 Å². The molecule has 0 heterocycles. The zero-order valence-electron chi connectivity index (χ0n) is 2.66. The predicted molar refractivity (Wildman–Crippen MR) is 24.9 cm³/mol. The Bertz CT molecular complexity index is 57.8. The molecule has 0 saturated carbocycles. The number of rotatable bonds is 0. The first kappa shape index (κ1) is 16.1. The summed E-state index contributed by atoms with van der Waals surface area (Å²) in [4.78, 5) is 0. The Morgan fingerprint density at radius 2 is 1.14 bits per heavy atom. The molecule has 7 heteroatoms. The molecule has 0 atom stereocenters. The van der Waals surface area contributed by atoms with Gasteiger partial charge in [-0.05, 0) is 0 Å². The topological polar surface area (TPSA) is 86.2 Å². The van der Waals surface area contributed by atoms with Crippen molar-refractivity contribution in [2.45, 2.75) is 0 Å². The summed E-state index contributed by atoms with van der Waals surface area (Å²) in [6, 6.07) is 0. The van der Waals surface area contributed by atoms with Crippen LogP contribution < -0.4 is 10.2 Å². The van der Waals surface area contributed by atoms with Gasteiger partial charge in [0.05, 0.1) is 0 Å². The SMILES string of the molecule is [O]=[Sb]([O-])([O-])[O-].[PbH+3].[SnH4]. The van der Waals surface area contributed by atoms with Crippen molar-refractivity contribution >= 4 is 71.3 Å². The average Bonchev–Trinajstić information content (AvgIpc) is 0.722. The van der Waals surface area contributed by atoms with Crippen LogP contribution in [0, 0.1) is 0 Å². The molecule has 0 N–H and O–H groups in total. The van der Waals surface area contributed by atoms with E-state index in [0.29, 0.717) is 0 Å². The van der Waals surface area contributed by atoms with Crippen LogP contribution in [-0.4, -0.2) is 71.3 Å². The summed E-state index contributed by atoms with van der Waals surface area (Å²) in [5.41, 5.74) is 0. The number of hydrogen-bond donors (Lipinski definition) is 0. The molecule has 0 fully saturated rings. The molecule has 0 radical (unpaired) electrons. The van der Waals surface area contributed by atoms with Gasteiger partial charge in [-0.3, -0.25) is 0 Å². The fraction of sp³-hybridized carbons (Fsp3) is 0. The van der Waals surface area contributed by atoms with E-state index in [9.17, 15) is 0 Å². The first-order chi connectivity index (χ1) is 2.00. The fourth-order valence-corrected chi connectivity index (χ4v) is 0. The van der Waals surface area contributed by atoms with Gasteiger partial charge in [0.2, 0.25) is 0 Å². The van der Waals surface area contributed by atoms with Crippen molar-refractivity contribution in [1.82, 2.24) is 0 Å². The fourth-order valence-electron chi connectivity index (χ4n) is 0. The third kappa shape index (κ3) is 64.6. The van der Waals surface area contributed by atoms with Crippen LogP contribution in [0.2, 0.25) is 0 Å². The van der Waals surface area contributed by atoms with Crippen molar-refractivity contribution in [3.05, 3.63) is 0 Å². The van der Waals surface area contributed by atoms with E-state index in [2.05, 4.69) is 0 Å². The Hall–Kier alpha value is 2.22. The molecule has 0 aromatic heterocycles. The molecule has 42 valence electrons. The van der Waals surface area contributed by atoms with E-state index in [0.717, 1.165) is 0 Å². The normalized spacial score (nSPS) is 8.43. The maximum atomic E-state index is 8.64. The molecule has 0 aromatic carbocycles. The van der Waals surface area contributed by atoms with Gasteiger partial charge in [0.25, 0.3) is 0 Å². The molecule has 0 aromatic rings. The second kappa shape index (κ2) is 6.34. The molecule has 0 unspecified atom stereocenters. The molecule has 0 amide bonds. The first-order valence-corrected chi connectivity index (χ1v) is 4.90. The Morgan fingerprint density at radius 3 is 1.14 bits per heavy atom. The summed E-state index contributed by atoms with van der Waals surface area (Å²) in [6.45, 7) is 0. The van der Waals surface area contributed by atoms with Gasteiger partial charge in [0.1, 0.15) is 0 Å². The Labute approximate surface area is 83.1 Å². The van der Waals surface area contributed by atoms with Crippen molar-refractivity contribution in [2.75, 3.05) is 0 Å². The predicted octanol–water partition coefficient (Wildman–Crippen LogP) is -6.17. The molecule has 0 aliphatic heterocycles. The van der Waals surface area contributed by atoms with Gasteiger partial charge in [-0.1, -0.05) is 0 Å². The second-order valence-electron chi connectivity index (χ2n) is 0.447. The van der Waals surface area contributed by atoms with Crippen LogP contribution in [-0.2, 0) is 3.02 Å². The molecular formula is H5O4PbSbSn. The molecule has 0 saturated heterocycles. The molecule has 0 aliphatic carbocycles. The monoisotopic (exact) mass is 518 g/mol. The van der Waals surface area contributed by atoms with E-state index >= 15 is 0 Å². The number of hydrogen-bond acceptors (Lipinski definition) is 4. The van der Waals surface area contributed by atoms with Gasteiger partial charge in [-0.2, -0.15) is 0 Å². The van der Waals surface area contributed by atoms with E-state index in [1.165, 1.54) is 0 Å². The third-order valence-electron chi connectivity index (χ3n) is 0. The summed E-state index contributed by atoms with van der Waals surface area (Å²) < 4.78 is 34.6. The van der Waals surface area contributed by atoms with E-state index in [1.807, 2.05) is 0 Å². The third-order valence-corrected chi connectivity index (χ3v) is 0. The summed E-state index contributed by atoms with van der Waals surface area (Å²) in [6.07, 6.45) is 0. The van der Waals surface area contributed by atoms with Crippen LogP contribution in [0.5, 0.6) is 0 Å². The van der Waals surface area contributed by atoms with Gasteiger partial charge in [-0.15, -0.1) is 0 Å². The zero-order valence-corrected chi connectivity index (χ0v) is 9.70. The van der Waals surface area contributed by atoms with Crippen LogP contribution in [0.1, 0.15) is 0 Å². The van der Waals surface area contributed by atoms with Gasteiger partial charge < -0.3 is 0 Å². The van der Waals surface area contributed by atoms with Gasteiger partial charge in [0.15, 0.2) is 0 Å². The van der Waals surface area contributed by atoms with Crippen LogP contribution in [0.25, 0.3) is 0 Å². The van der Waals surface area contributed by atoms with Crippen LogP contribution in [0.3, 0.4) is 0 Å². The van der Waals surface area contributed by atoms with Gasteiger partial charge >= 0.3 is 84.4 Å². The van der Waals surface area contributed by atoms with Gasteiger partial charge in [-0.25, -0.2) is 0 Å². The van der Waals surface area contributed by atoms with E-state index in [1.54, 1.807) is 0 Å². The van der Waals surface area contributed by atoms with E-state index in [-0.39, 0.29) is 51.2 Å². The minimum absolute atomic E-state index is 0. The summed E-state index contributed by atoms with van der Waals surface area (Å²) >= 11 is -6.10. The quantitative estimate of drug-likeness (QED) is 0.300. The van der Waals surface area contributed by atoms with Gasteiger partial charge in [0, 0.05) is 0 Å². The summed E-state index contributed by atoms with van der Waals surface area (Å²) in [5, 5.41) is 0. The maximum absolute atomic E-state index is 8.64. The van der Waals surface area contributed by atoms with Crippen molar-refractivity contribution in [3.63, 3.8) is 0 Å². The van der Waals surface area contributed by atoms with Crippen molar-refractivity contribution in [2.24, 2.45) is 0 Å². The van der Waals surface area contributed by atoms with E-state index in [4.69, 9.17) is 13.2 Å². The zero-order chi connectivity index (χ0) is 4.50.